The Balaban J connectivity index is 1.41. The molecule has 1 aliphatic heterocycles. The number of nitrogens with two attached hydrogens (primary N) is 1. The molecule has 2 aliphatic rings. The Labute approximate surface area is 153 Å². The molecule has 0 atom stereocenters. The zero-order valence-electron chi connectivity index (χ0n) is 14.7. The van der Waals surface area contributed by atoms with E-state index in [0.717, 1.165) is 34.4 Å². The van der Waals surface area contributed by atoms with E-state index < -0.39 is 0 Å². The van der Waals surface area contributed by atoms with Crippen LogP contribution in [0.2, 0.25) is 0 Å². The molecule has 2 N–H and O–H groups in total. The molecule has 2 fully saturated rings. The third-order valence-electron chi connectivity index (χ3n) is 5.83. The summed E-state index contributed by atoms with van der Waals surface area (Å²) in [6.07, 6.45) is 13.8. The summed E-state index contributed by atoms with van der Waals surface area (Å²) in [5.74, 6) is 1.58. The van der Waals surface area contributed by atoms with E-state index in [4.69, 9.17) is 5.73 Å². The van der Waals surface area contributed by atoms with Gasteiger partial charge in [-0.3, -0.25) is 0 Å². The van der Waals surface area contributed by atoms with Crippen LogP contribution in [0.15, 0.2) is 34.6 Å². The van der Waals surface area contributed by atoms with E-state index in [0.29, 0.717) is 11.2 Å². The van der Waals surface area contributed by atoms with Crippen LogP contribution in [0, 0.1) is 12.3 Å². The van der Waals surface area contributed by atoms with Crippen LogP contribution in [0.5, 0.6) is 0 Å². The van der Waals surface area contributed by atoms with E-state index in [1.165, 1.54) is 38.5 Å². The zero-order valence-corrected chi connectivity index (χ0v) is 15.6. The van der Waals surface area contributed by atoms with Gasteiger partial charge in [-0.15, -0.1) is 0 Å². The van der Waals surface area contributed by atoms with Crippen LogP contribution in [-0.2, 0) is 0 Å². The van der Waals surface area contributed by atoms with E-state index in [1.54, 1.807) is 18.0 Å². The average molecular weight is 356 g/mol. The molecule has 0 amide bonds. The molecule has 1 spiro atoms. The van der Waals surface area contributed by atoms with Gasteiger partial charge < -0.3 is 10.6 Å². The molecule has 1 saturated carbocycles. The van der Waals surface area contributed by atoms with E-state index in [1.807, 2.05) is 25.4 Å². The molecule has 3 heterocycles. The van der Waals surface area contributed by atoms with Crippen LogP contribution in [0.3, 0.4) is 0 Å². The summed E-state index contributed by atoms with van der Waals surface area (Å²) in [7, 11) is 0. The quantitative estimate of drug-likeness (QED) is 0.895. The highest BCUT2D eigenvalue weighted by Crippen LogP contribution is 2.46. The van der Waals surface area contributed by atoms with E-state index >= 15 is 0 Å². The van der Waals surface area contributed by atoms with Crippen molar-refractivity contribution < 1.29 is 0 Å². The number of piperidine rings is 1. The van der Waals surface area contributed by atoms with Crippen molar-refractivity contribution in [2.24, 2.45) is 5.41 Å². The topological polar surface area (TPSA) is 67.9 Å². The number of pyridine rings is 1. The monoisotopic (exact) mass is 355 g/mol. The lowest BCUT2D eigenvalue weighted by Gasteiger charge is -2.39. The van der Waals surface area contributed by atoms with Crippen LogP contribution in [0.1, 0.15) is 44.1 Å². The Bertz CT molecular complexity index is 730. The second-order valence-electron chi connectivity index (χ2n) is 7.33. The number of rotatable bonds is 3. The van der Waals surface area contributed by atoms with Crippen molar-refractivity contribution in [1.29, 1.82) is 0 Å². The van der Waals surface area contributed by atoms with Crippen molar-refractivity contribution in [2.45, 2.75) is 55.4 Å². The molecule has 0 unspecified atom stereocenters. The smallest absolute Gasteiger partial charge is 0.147 e. The maximum absolute atomic E-state index is 5.88. The minimum atomic E-state index is 0.573. The highest BCUT2D eigenvalue weighted by atomic mass is 32.2. The van der Waals surface area contributed by atoms with Crippen LogP contribution in [0.25, 0.3) is 0 Å². The minimum Gasteiger partial charge on any atom is -0.383 e. The van der Waals surface area contributed by atoms with Crippen molar-refractivity contribution in [3.05, 3.63) is 30.2 Å². The maximum Gasteiger partial charge on any atom is 0.147 e. The molecular formula is C19H25N5S. The molecule has 0 aromatic carbocycles. The van der Waals surface area contributed by atoms with Gasteiger partial charge in [0.2, 0.25) is 0 Å². The average Bonchev–Trinajstić information content (AvgIpc) is 3.09. The third kappa shape index (κ3) is 3.45. The van der Waals surface area contributed by atoms with Crippen LogP contribution in [0.4, 0.5) is 11.6 Å². The summed E-state index contributed by atoms with van der Waals surface area (Å²) < 4.78 is 0. The molecule has 0 bridgehead atoms. The van der Waals surface area contributed by atoms with E-state index in [2.05, 4.69) is 19.9 Å². The van der Waals surface area contributed by atoms with E-state index in [-0.39, 0.29) is 0 Å². The Hall–Kier alpha value is -1.82. The third-order valence-corrected chi connectivity index (χ3v) is 6.92. The van der Waals surface area contributed by atoms with Crippen LogP contribution >= 0.6 is 11.8 Å². The van der Waals surface area contributed by atoms with Crippen molar-refractivity contribution >= 4 is 23.4 Å². The Morgan fingerprint density at radius 3 is 2.48 bits per heavy atom. The Morgan fingerprint density at radius 2 is 1.80 bits per heavy atom. The predicted molar refractivity (Wildman–Crippen MR) is 102 cm³/mol. The first-order chi connectivity index (χ1) is 12.2. The van der Waals surface area contributed by atoms with Gasteiger partial charge in [-0.1, -0.05) is 24.6 Å². The fourth-order valence-electron chi connectivity index (χ4n) is 4.12. The van der Waals surface area contributed by atoms with Gasteiger partial charge in [0.25, 0.3) is 0 Å². The molecule has 2 aromatic heterocycles. The molecular weight excluding hydrogens is 330 g/mol. The van der Waals surface area contributed by atoms with Gasteiger partial charge in [0, 0.05) is 29.7 Å². The first-order valence-electron chi connectivity index (χ1n) is 9.11. The summed E-state index contributed by atoms with van der Waals surface area (Å²) in [4.78, 5) is 16.8. The number of nitrogen functional groups attached to an aromatic ring is 1. The van der Waals surface area contributed by atoms with Crippen molar-refractivity contribution in [3.8, 4) is 0 Å². The molecule has 5 nitrogen and oxygen atoms in total. The summed E-state index contributed by atoms with van der Waals surface area (Å²) in [6, 6.07) is 1.97. The zero-order chi connectivity index (χ0) is 17.3. The summed E-state index contributed by atoms with van der Waals surface area (Å²) in [5, 5.41) is 0.890. The number of anilines is 2. The first-order valence-corrected chi connectivity index (χ1v) is 9.93. The summed E-state index contributed by atoms with van der Waals surface area (Å²) >= 11 is 1.59. The van der Waals surface area contributed by atoms with Gasteiger partial charge in [-0.2, -0.15) is 0 Å². The fraction of sp³-hybridized carbons (Fsp3) is 0.526. The molecule has 2 aromatic rings. The fourth-order valence-corrected chi connectivity index (χ4v) is 4.94. The number of nitrogens with zero attached hydrogens (tertiary/aromatic N) is 4. The van der Waals surface area contributed by atoms with Gasteiger partial charge in [-0.25, -0.2) is 15.0 Å². The molecule has 6 heteroatoms. The van der Waals surface area contributed by atoms with E-state index in [9.17, 15) is 0 Å². The normalized spacial score (nSPS) is 19.5. The predicted octanol–water partition coefficient (Wildman–Crippen LogP) is 4.07. The molecule has 1 saturated heterocycles. The van der Waals surface area contributed by atoms with Crippen molar-refractivity contribution in [1.82, 2.24) is 15.0 Å². The van der Waals surface area contributed by atoms with Gasteiger partial charge >= 0.3 is 0 Å². The number of hydrogen-bond donors (Lipinski definition) is 1. The standard InChI is InChI=1S/C19H25N5S/c1-14-15(4-9-21-18(14)20)25-17-13-22-16(12-23-17)24-10-7-19(8-11-24)5-2-3-6-19/h4,9,12-13H,2-3,5-8,10-11H2,1H3,(H2,20,21). The molecule has 25 heavy (non-hydrogen) atoms. The second kappa shape index (κ2) is 6.83. The lowest BCUT2D eigenvalue weighted by atomic mass is 9.77. The lowest BCUT2D eigenvalue weighted by molar-refractivity contribution is 0.226. The second-order valence-corrected chi connectivity index (χ2v) is 8.39. The summed E-state index contributed by atoms with van der Waals surface area (Å²) in [6.45, 7) is 4.21. The highest BCUT2D eigenvalue weighted by molar-refractivity contribution is 7.99. The minimum absolute atomic E-state index is 0.573. The van der Waals surface area contributed by atoms with Gasteiger partial charge in [0.15, 0.2) is 0 Å². The highest BCUT2D eigenvalue weighted by Gasteiger charge is 2.37. The SMILES string of the molecule is Cc1c(Sc2cnc(N3CCC4(CCCC4)CC3)cn2)ccnc1N. The van der Waals surface area contributed by atoms with Crippen molar-refractivity contribution in [3.63, 3.8) is 0 Å². The Morgan fingerprint density at radius 1 is 1.04 bits per heavy atom. The number of aromatic nitrogens is 3. The number of hydrogen-bond acceptors (Lipinski definition) is 6. The molecule has 4 rings (SSSR count). The summed E-state index contributed by atoms with van der Waals surface area (Å²) in [5.41, 5.74) is 7.51. The molecule has 0 radical (unpaired) electrons. The maximum atomic E-state index is 5.88. The first kappa shape index (κ1) is 16.6. The molecule has 132 valence electrons. The largest absolute Gasteiger partial charge is 0.383 e. The lowest BCUT2D eigenvalue weighted by Crippen LogP contribution is -2.39. The van der Waals surface area contributed by atoms with Gasteiger partial charge in [0.1, 0.15) is 16.7 Å². The molecule has 1 aliphatic carbocycles. The van der Waals surface area contributed by atoms with Gasteiger partial charge in [0.05, 0.1) is 12.4 Å². The van der Waals surface area contributed by atoms with Crippen LogP contribution in [-0.4, -0.2) is 28.0 Å². The van der Waals surface area contributed by atoms with Gasteiger partial charge in [-0.05, 0) is 44.1 Å². The Kier molecular flexibility index (Phi) is 4.54. The van der Waals surface area contributed by atoms with Crippen molar-refractivity contribution in [2.75, 3.05) is 23.7 Å². The van der Waals surface area contributed by atoms with Crippen LogP contribution < -0.4 is 10.6 Å².